The molecule has 0 aliphatic rings. The summed E-state index contributed by atoms with van der Waals surface area (Å²) in [6, 6.07) is 7.00. The summed E-state index contributed by atoms with van der Waals surface area (Å²) in [5.74, 6) is 0. The summed E-state index contributed by atoms with van der Waals surface area (Å²) in [7, 11) is 0. The molecule has 0 amide bonds. The molecule has 0 spiro atoms. The van der Waals surface area contributed by atoms with Crippen LogP contribution in [-0.2, 0) is 0 Å². The largest absolute Gasteiger partial charge is 0.411 e. The molecule has 1 aromatic rings. The Hall–Kier alpha value is -1.55. The average molecular weight is 166 g/mol. The van der Waals surface area contributed by atoms with Crippen molar-refractivity contribution in [2.45, 2.75) is 6.92 Å². The van der Waals surface area contributed by atoms with Gasteiger partial charge in [-0.2, -0.15) is 0 Å². The first kappa shape index (κ1) is 8.55. The third-order valence-corrected chi connectivity index (χ3v) is 1.59. The van der Waals surface area contributed by atoms with Crippen LogP contribution >= 0.6 is 0 Å². The number of oxime groups is 1. The van der Waals surface area contributed by atoms with Crippen LogP contribution in [0.4, 0.5) is 5.69 Å². The minimum absolute atomic E-state index is 0.451. The van der Waals surface area contributed by atoms with Crippen LogP contribution in [0.1, 0.15) is 12.5 Å². The molecule has 0 unspecified atom stereocenters. The minimum atomic E-state index is 0.451. The maximum atomic E-state index is 8.68. The van der Waals surface area contributed by atoms with Gasteiger partial charge in [0.1, 0.15) is 0 Å². The van der Waals surface area contributed by atoms with Crippen LogP contribution in [0.25, 0.3) is 0 Å². The van der Waals surface area contributed by atoms with Crippen molar-refractivity contribution in [3.05, 3.63) is 29.8 Å². The van der Waals surface area contributed by atoms with Crippen LogP contribution in [-0.4, -0.2) is 16.1 Å². The Morgan fingerprint density at radius 3 is 2.67 bits per heavy atom. The molecule has 12 heavy (non-hydrogen) atoms. The molecule has 1 rings (SSSR count). The molecule has 0 heterocycles. The first-order valence-electron chi connectivity index (χ1n) is 3.47. The van der Waals surface area contributed by atoms with Crippen LogP contribution in [0.3, 0.4) is 0 Å². The van der Waals surface area contributed by atoms with Gasteiger partial charge in [-0.1, -0.05) is 23.4 Å². The molecule has 0 aliphatic heterocycles. The fraction of sp³-hybridized carbons (Fsp3) is 0.125. The van der Waals surface area contributed by atoms with Gasteiger partial charge in [0.25, 0.3) is 0 Å². The molecule has 0 saturated heterocycles. The number of para-hydroxylation sites is 1. The van der Waals surface area contributed by atoms with Gasteiger partial charge in [0.15, 0.2) is 0 Å². The second kappa shape index (κ2) is 3.73. The Kier molecular flexibility index (Phi) is 2.66. The van der Waals surface area contributed by atoms with Crippen molar-refractivity contribution in [2.24, 2.45) is 5.16 Å². The van der Waals surface area contributed by atoms with Crippen molar-refractivity contribution >= 4 is 11.4 Å². The van der Waals surface area contributed by atoms with Crippen LogP contribution in [0.15, 0.2) is 29.4 Å². The smallest absolute Gasteiger partial charge is 0.0858 e. The van der Waals surface area contributed by atoms with Crippen LogP contribution < -0.4 is 5.48 Å². The summed E-state index contributed by atoms with van der Waals surface area (Å²) < 4.78 is 0. The predicted molar refractivity (Wildman–Crippen MR) is 45.8 cm³/mol. The maximum Gasteiger partial charge on any atom is 0.0858 e. The zero-order chi connectivity index (χ0) is 8.97. The lowest BCUT2D eigenvalue weighted by molar-refractivity contribution is 0.319. The highest BCUT2D eigenvalue weighted by Gasteiger charge is 2.02. The summed E-state index contributed by atoms with van der Waals surface area (Å²) in [6.07, 6.45) is 0. The van der Waals surface area contributed by atoms with Crippen LogP contribution in [0.5, 0.6) is 0 Å². The molecule has 64 valence electrons. The Morgan fingerprint density at radius 2 is 2.08 bits per heavy atom. The van der Waals surface area contributed by atoms with E-state index in [0.29, 0.717) is 17.0 Å². The van der Waals surface area contributed by atoms with Crippen molar-refractivity contribution in [3.63, 3.8) is 0 Å². The number of hydrogen-bond acceptors (Lipinski definition) is 4. The normalized spacial score (nSPS) is 11.3. The summed E-state index contributed by atoms with van der Waals surface area (Å²) in [6.45, 7) is 1.65. The average Bonchev–Trinajstić information content (AvgIpc) is 2.16. The molecule has 0 fully saturated rings. The second-order valence-corrected chi connectivity index (χ2v) is 2.34. The van der Waals surface area contributed by atoms with Crippen molar-refractivity contribution < 1.29 is 10.4 Å². The lowest BCUT2D eigenvalue weighted by atomic mass is 10.1. The van der Waals surface area contributed by atoms with Gasteiger partial charge in [0.2, 0.25) is 0 Å². The van der Waals surface area contributed by atoms with Gasteiger partial charge < -0.3 is 5.21 Å². The van der Waals surface area contributed by atoms with E-state index < -0.39 is 0 Å². The summed E-state index contributed by atoms with van der Waals surface area (Å²) in [5, 5.41) is 20.2. The van der Waals surface area contributed by atoms with Gasteiger partial charge in [-0.25, -0.2) is 0 Å². The topological polar surface area (TPSA) is 64.9 Å². The first-order valence-corrected chi connectivity index (χ1v) is 3.47. The van der Waals surface area contributed by atoms with Crippen LogP contribution in [0.2, 0.25) is 0 Å². The van der Waals surface area contributed by atoms with E-state index in [9.17, 15) is 0 Å². The molecular weight excluding hydrogens is 156 g/mol. The second-order valence-electron chi connectivity index (χ2n) is 2.34. The van der Waals surface area contributed by atoms with E-state index in [1.165, 1.54) is 0 Å². The maximum absolute atomic E-state index is 8.68. The highest BCUT2D eigenvalue weighted by molar-refractivity contribution is 6.02. The molecule has 0 aromatic heterocycles. The highest BCUT2D eigenvalue weighted by Crippen LogP contribution is 2.14. The lowest BCUT2D eigenvalue weighted by Crippen LogP contribution is -2.00. The third kappa shape index (κ3) is 1.54. The highest BCUT2D eigenvalue weighted by atomic mass is 16.5. The Morgan fingerprint density at radius 1 is 1.42 bits per heavy atom. The fourth-order valence-electron chi connectivity index (χ4n) is 0.950. The van der Waals surface area contributed by atoms with E-state index in [2.05, 4.69) is 5.16 Å². The number of benzene rings is 1. The predicted octanol–water partition coefficient (Wildman–Crippen LogP) is 1.69. The van der Waals surface area contributed by atoms with E-state index in [0.717, 1.165) is 0 Å². The molecule has 0 aliphatic carbocycles. The quantitative estimate of drug-likeness (QED) is 0.356. The number of hydrogen-bond donors (Lipinski definition) is 3. The van der Waals surface area contributed by atoms with E-state index in [4.69, 9.17) is 10.4 Å². The molecule has 0 atom stereocenters. The van der Waals surface area contributed by atoms with Crippen molar-refractivity contribution in [1.82, 2.24) is 0 Å². The molecule has 4 heteroatoms. The van der Waals surface area contributed by atoms with Crippen molar-refractivity contribution in [1.29, 1.82) is 0 Å². The monoisotopic (exact) mass is 166 g/mol. The van der Waals surface area contributed by atoms with E-state index in [-0.39, 0.29) is 0 Å². The van der Waals surface area contributed by atoms with Gasteiger partial charge in [0, 0.05) is 5.56 Å². The number of rotatable bonds is 2. The van der Waals surface area contributed by atoms with E-state index >= 15 is 0 Å². The SMILES string of the molecule is CC(=NO)c1ccccc1NO. The standard InChI is InChI=1S/C8H10N2O2/c1-6(9-11)7-4-2-3-5-8(7)10-12/h2-5,10-12H,1H3. The van der Waals surface area contributed by atoms with Gasteiger partial charge in [-0.3, -0.25) is 10.7 Å². The molecule has 0 bridgehead atoms. The molecule has 4 nitrogen and oxygen atoms in total. The Balaban J connectivity index is 3.13. The molecule has 1 aromatic carbocycles. The zero-order valence-corrected chi connectivity index (χ0v) is 6.65. The Labute approximate surface area is 70.1 Å². The van der Waals surface area contributed by atoms with Gasteiger partial charge in [-0.05, 0) is 13.0 Å². The lowest BCUT2D eigenvalue weighted by Gasteiger charge is -2.04. The zero-order valence-electron chi connectivity index (χ0n) is 6.65. The summed E-state index contributed by atoms with van der Waals surface area (Å²) >= 11 is 0. The molecule has 0 radical (unpaired) electrons. The number of nitrogens with zero attached hydrogens (tertiary/aromatic N) is 1. The summed E-state index contributed by atoms with van der Waals surface area (Å²) in [5.41, 5.74) is 3.66. The molecule has 0 saturated carbocycles. The molecular formula is C8H10N2O2. The van der Waals surface area contributed by atoms with Gasteiger partial charge >= 0.3 is 0 Å². The van der Waals surface area contributed by atoms with Crippen LogP contribution in [0, 0.1) is 0 Å². The van der Waals surface area contributed by atoms with E-state index in [1.54, 1.807) is 31.2 Å². The Bertz CT molecular complexity index is 297. The fourth-order valence-corrected chi connectivity index (χ4v) is 0.950. The van der Waals surface area contributed by atoms with Gasteiger partial charge in [-0.15, -0.1) is 0 Å². The number of anilines is 1. The molecule has 3 N–H and O–H groups in total. The summed E-state index contributed by atoms with van der Waals surface area (Å²) in [4.78, 5) is 0. The third-order valence-electron chi connectivity index (χ3n) is 1.59. The van der Waals surface area contributed by atoms with Crippen molar-refractivity contribution in [2.75, 3.05) is 5.48 Å². The van der Waals surface area contributed by atoms with Gasteiger partial charge in [0.05, 0.1) is 11.4 Å². The number of nitrogens with one attached hydrogen (secondary N) is 1. The van der Waals surface area contributed by atoms with E-state index in [1.807, 2.05) is 5.48 Å². The van der Waals surface area contributed by atoms with Crippen molar-refractivity contribution in [3.8, 4) is 0 Å². The minimum Gasteiger partial charge on any atom is -0.411 e. The first-order chi connectivity index (χ1) is 5.79.